The van der Waals surface area contributed by atoms with Crippen LogP contribution in [0.1, 0.15) is 362 Å². The number of rotatable bonds is 72. The second kappa shape index (κ2) is 67.1. The van der Waals surface area contributed by atoms with Gasteiger partial charge in [0, 0.05) is 25.7 Å². The third kappa shape index (κ3) is 66.2. The summed E-state index contributed by atoms with van der Waals surface area (Å²) in [4.78, 5) is 72.7. The van der Waals surface area contributed by atoms with E-state index in [0.29, 0.717) is 25.7 Å². The molecule has 19 heteroatoms. The molecule has 0 amide bonds. The highest BCUT2D eigenvalue weighted by molar-refractivity contribution is 7.47. The van der Waals surface area contributed by atoms with E-state index in [1.54, 1.807) is 0 Å². The standard InChI is InChI=1S/C73H138O17P2/c1-5-9-13-17-21-25-29-33-37-41-45-49-53-57-70(75)83-63-68(89-72(77)59-55-51-47-43-39-35-31-27-23-19-15-11-7-3)65-87-91(79,80)85-61-67(74)62-86-92(81,82)88-66-69(90-73(78)60-56-52-48-44-40-36-32-28-24-20-16-12-8-4)64-84-71(76)58-54-50-46-42-38-34-30-26-22-18-14-10-6-2/h25,27,29,31,67-69,74H,5-24,26,28,30,32-66H2,1-4H3,(H,79,80)(H,81,82)/b29-25-,31-27-/t67-,68+,69+/m0/s1. The van der Waals surface area contributed by atoms with Crippen LogP contribution >= 0.6 is 15.6 Å². The van der Waals surface area contributed by atoms with Gasteiger partial charge in [-0.25, -0.2) is 9.13 Å². The summed E-state index contributed by atoms with van der Waals surface area (Å²) in [5, 5.41) is 10.6. The summed E-state index contributed by atoms with van der Waals surface area (Å²) in [5.41, 5.74) is 0. The first-order chi connectivity index (χ1) is 44.7. The SMILES string of the molecule is CCCCCC/C=C\CCCCCCCC(=O)OC[C@H](COP(=O)(O)OC[C@H](O)COP(=O)(O)OC[C@@H](COC(=O)CCCCCCCCCCCCCCC)OC(=O)CCCCCCCCCCCCCCC)OC(=O)CCCCCCC/C=C\CCCCCC. The van der Waals surface area contributed by atoms with Crippen molar-refractivity contribution >= 4 is 39.5 Å². The van der Waals surface area contributed by atoms with Gasteiger partial charge in [-0.05, 0) is 77.0 Å². The maximum absolute atomic E-state index is 13.0. The molecular formula is C73H138O17P2. The highest BCUT2D eigenvalue weighted by atomic mass is 31.2. The molecule has 0 fully saturated rings. The van der Waals surface area contributed by atoms with Crippen LogP contribution in [0, 0.1) is 0 Å². The highest BCUT2D eigenvalue weighted by Crippen LogP contribution is 2.45. The number of hydrogen-bond acceptors (Lipinski definition) is 15. The van der Waals surface area contributed by atoms with Crippen molar-refractivity contribution in [2.24, 2.45) is 0 Å². The number of esters is 4. The molecule has 0 heterocycles. The molecule has 0 saturated carbocycles. The summed E-state index contributed by atoms with van der Waals surface area (Å²) in [6, 6.07) is 0. The minimum atomic E-state index is -4.96. The molecule has 5 atom stereocenters. The minimum Gasteiger partial charge on any atom is -0.462 e. The van der Waals surface area contributed by atoms with Crippen molar-refractivity contribution in [3.8, 4) is 0 Å². The number of unbranched alkanes of at least 4 members (excludes halogenated alkanes) is 42. The second-order valence-corrected chi connectivity index (χ2v) is 28.5. The number of allylic oxidation sites excluding steroid dienone is 4. The average Bonchev–Trinajstić information content (AvgIpc) is 3.63. The van der Waals surface area contributed by atoms with E-state index in [0.717, 1.165) is 122 Å². The van der Waals surface area contributed by atoms with E-state index >= 15 is 0 Å². The van der Waals surface area contributed by atoms with Gasteiger partial charge in [-0.3, -0.25) is 37.3 Å². The van der Waals surface area contributed by atoms with Crippen molar-refractivity contribution in [3.05, 3.63) is 24.3 Å². The highest BCUT2D eigenvalue weighted by Gasteiger charge is 2.30. The first-order valence-electron chi connectivity index (χ1n) is 37.6. The Balaban J connectivity index is 5.29. The zero-order valence-electron chi connectivity index (χ0n) is 59.0. The van der Waals surface area contributed by atoms with Crippen LogP contribution < -0.4 is 0 Å². The van der Waals surface area contributed by atoms with Gasteiger partial charge in [0.15, 0.2) is 12.2 Å². The van der Waals surface area contributed by atoms with E-state index < -0.39 is 97.5 Å². The molecule has 0 aliphatic heterocycles. The van der Waals surface area contributed by atoms with Gasteiger partial charge in [-0.1, -0.05) is 283 Å². The van der Waals surface area contributed by atoms with E-state index in [1.165, 1.54) is 161 Å². The van der Waals surface area contributed by atoms with Crippen molar-refractivity contribution in [1.29, 1.82) is 0 Å². The minimum absolute atomic E-state index is 0.0904. The van der Waals surface area contributed by atoms with Crippen LogP contribution in [0.25, 0.3) is 0 Å². The van der Waals surface area contributed by atoms with Gasteiger partial charge in [0.2, 0.25) is 0 Å². The number of ether oxygens (including phenoxy) is 4. The van der Waals surface area contributed by atoms with E-state index in [9.17, 15) is 43.2 Å². The summed E-state index contributed by atoms with van der Waals surface area (Å²) in [5.74, 6) is -2.15. The third-order valence-electron chi connectivity index (χ3n) is 16.4. The van der Waals surface area contributed by atoms with Crippen LogP contribution in [-0.2, 0) is 65.4 Å². The maximum Gasteiger partial charge on any atom is 0.472 e. The Kier molecular flexibility index (Phi) is 65.3. The van der Waals surface area contributed by atoms with Crippen molar-refractivity contribution < 1.29 is 80.2 Å². The molecular weight excluding hydrogens is 1210 g/mol. The number of hydrogen-bond donors (Lipinski definition) is 3. The fourth-order valence-corrected chi connectivity index (χ4v) is 12.2. The van der Waals surface area contributed by atoms with Gasteiger partial charge >= 0.3 is 39.5 Å². The van der Waals surface area contributed by atoms with Gasteiger partial charge in [0.05, 0.1) is 26.4 Å². The lowest BCUT2D eigenvalue weighted by atomic mass is 10.0. The Bertz CT molecular complexity index is 1850. The van der Waals surface area contributed by atoms with Crippen LogP contribution in [-0.4, -0.2) is 96.7 Å². The summed E-state index contributed by atoms with van der Waals surface area (Å²) in [6.07, 6.45) is 58.8. The topological polar surface area (TPSA) is 237 Å². The van der Waals surface area contributed by atoms with Crippen molar-refractivity contribution in [2.45, 2.75) is 380 Å². The molecule has 0 spiro atoms. The fourth-order valence-electron chi connectivity index (χ4n) is 10.6. The Morgan fingerprint density at radius 1 is 0.293 bits per heavy atom. The zero-order chi connectivity index (χ0) is 67.5. The first kappa shape index (κ1) is 89.5. The predicted molar refractivity (Wildman–Crippen MR) is 372 cm³/mol. The molecule has 0 aromatic carbocycles. The molecule has 0 aliphatic rings. The van der Waals surface area contributed by atoms with Crippen LogP contribution in [0.3, 0.4) is 0 Å². The zero-order valence-corrected chi connectivity index (χ0v) is 60.8. The lowest BCUT2D eigenvalue weighted by Gasteiger charge is -2.21. The molecule has 0 aliphatic carbocycles. The summed E-state index contributed by atoms with van der Waals surface area (Å²) in [7, 11) is -9.92. The Morgan fingerprint density at radius 3 is 0.761 bits per heavy atom. The lowest BCUT2D eigenvalue weighted by molar-refractivity contribution is -0.161. The maximum atomic E-state index is 13.0. The molecule has 2 unspecified atom stereocenters. The largest absolute Gasteiger partial charge is 0.472 e. The molecule has 0 rings (SSSR count). The average molecular weight is 1350 g/mol. The first-order valence-corrected chi connectivity index (χ1v) is 40.6. The molecule has 0 radical (unpaired) electrons. The summed E-state index contributed by atoms with van der Waals surface area (Å²) < 4.78 is 68.4. The third-order valence-corrected chi connectivity index (χ3v) is 18.3. The Labute approximate surface area is 561 Å². The molecule has 0 aromatic rings. The number of aliphatic hydroxyl groups excluding tert-OH is 1. The van der Waals surface area contributed by atoms with Gasteiger partial charge < -0.3 is 33.8 Å². The van der Waals surface area contributed by atoms with E-state index in [-0.39, 0.29) is 25.7 Å². The van der Waals surface area contributed by atoms with Gasteiger partial charge in [0.1, 0.15) is 19.3 Å². The van der Waals surface area contributed by atoms with E-state index in [2.05, 4.69) is 52.0 Å². The number of aliphatic hydroxyl groups is 1. The summed E-state index contributed by atoms with van der Waals surface area (Å²) in [6.45, 7) is 4.90. The van der Waals surface area contributed by atoms with Crippen LogP contribution in [0.2, 0.25) is 0 Å². The molecule has 0 saturated heterocycles. The smallest absolute Gasteiger partial charge is 0.462 e. The van der Waals surface area contributed by atoms with Crippen molar-refractivity contribution in [3.63, 3.8) is 0 Å². The molecule has 92 heavy (non-hydrogen) atoms. The van der Waals surface area contributed by atoms with E-state index in [4.69, 9.17) is 37.0 Å². The van der Waals surface area contributed by atoms with Gasteiger partial charge in [0.25, 0.3) is 0 Å². The lowest BCUT2D eigenvalue weighted by Crippen LogP contribution is -2.30. The Morgan fingerprint density at radius 2 is 0.500 bits per heavy atom. The second-order valence-electron chi connectivity index (χ2n) is 25.6. The molecule has 3 N–H and O–H groups in total. The monoisotopic (exact) mass is 1350 g/mol. The quantitative estimate of drug-likeness (QED) is 0.0169. The van der Waals surface area contributed by atoms with Gasteiger partial charge in [-0.2, -0.15) is 0 Å². The Hall–Kier alpha value is -2.46. The molecule has 17 nitrogen and oxygen atoms in total. The van der Waals surface area contributed by atoms with Gasteiger partial charge in [-0.15, -0.1) is 0 Å². The molecule has 542 valence electrons. The number of carbonyl (C=O) groups is 4. The van der Waals surface area contributed by atoms with Crippen LogP contribution in [0.5, 0.6) is 0 Å². The van der Waals surface area contributed by atoms with Crippen LogP contribution in [0.15, 0.2) is 24.3 Å². The number of carbonyl (C=O) groups excluding carboxylic acids is 4. The number of phosphoric ester groups is 2. The fraction of sp³-hybridized carbons (Fsp3) is 0.890. The van der Waals surface area contributed by atoms with E-state index in [1.807, 2.05) is 0 Å². The molecule has 0 bridgehead atoms. The predicted octanol–water partition coefficient (Wildman–Crippen LogP) is 21.0. The molecule has 0 aromatic heterocycles. The van der Waals surface area contributed by atoms with Crippen molar-refractivity contribution in [1.82, 2.24) is 0 Å². The van der Waals surface area contributed by atoms with Crippen molar-refractivity contribution in [2.75, 3.05) is 39.6 Å². The summed E-state index contributed by atoms with van der Waals surface area (Å²) >= 11 is 0. The van der Waals surface area contributed by atoms with Crippen LogP contribution in [0.4, 0.5) is 0 Å². The number of phosphoric acid groups is 2. The normalized spacial score (nSPS) is 14.1.